The summed E-state index contributed by atoms with van der Waals surface area (Å²) in [5, 5.41) is 70.7. The molecule has 242 valence electrons. The summed E-state index contributed by atoms with van der Waals surface area (Å²) in [7, 11) is -4.67. The predicted octanol–water partition coefficient (Wildman–Crippen LogP) is 1.42. The number of β-amino-alcohol motifs (C(OH)–C–C–N with tert-alkyl or cyclic N) is 2. The minimum atomic E-state index is -4.67. The van der Waals surface area contributed by atoms with Gasteiger partial charge in [0.2, 0.25) is 0 Å². The molecule has 16 heteroatoms. The summed E-state index contributed by atoms with van der Waals surface area (Å²) in [5.41, 5.74) is 5.39. The lowest BCUT2D eigenvalue weighted by atomic mass is 10.1. The van der Waals surface area contributed by atoms with Gasteiger partial charge in [-0.05, 0) is 76.9 Å². The van der Waals surface area contributed by atoms with Crippen LogP contribution in [0.5, 0.6) is 23.0 Å². The molecule has 0 bridgehead atoms. The van der Waals surface area contributed by atoms with Gasteiger partial charge < -0.3 is 52.1 Å². The Bertz CT molecular complexity index is 1080. The van der Waals surface area contributed by atoms with Crippen molar-refractivity contribution in [3.05, 3.63) is 47.5 Å². The third kappa shape index (κ3) is 25.7. The molecule has 0 aromatic heterocycles. The molecule has 0 fully saturated rings. The zero-order valence-electron chi connectivity index (χ0n) is 24.5. The van der Waals surface area contributed by atoms with Gasteiger partial charge in [0.15, 0.2) is 0 Å². The number of hydrogen-bond donors (Lipinski definition) is 12. The number of aliphatic hydroxyl groups is 2. The van der Waals surface area contributed by atoms with Crippen LogP contribution in [0.3, 0.4) is 0 Å². The number of phenols is 4. The van der Waals surface area contributed by atoms with E-state index >= 15 is 0 Å². The summed E-state index contributed by atoms with van der Waals surface area (Å²) in [6.07, 6.45) is -1.51. The molecule has 0 amide bonds. The minimum Gasteiger partial charge on any atom is -0.508 e. The van der Waals surface area contributed by atoms with Crippen LogP contribution in [-0.2, 0) is 15.2 Å². The van der Waals surface area contributed by atoms with Gasteiger partial charge in [0.25, 0.3) is 0 Å². The number of phenolic OH excluding ortho intramolecular Hbond substituents is 4. The Morgan fingerprint density at radius 1 is 0.714 bits per heavy atom. The lowest BCUT2D eigenvalue weighted by molar-refractivity contribution is -0.135. The molecule has 42 heavy (non-hydrogen) atoms. The van der Waals surface area contributed by atoms with Crippen LogP contribution < -0.4 is 16.4 Å². The van der Waals surface area contributed by atoms with Gasteiger partial charge in [0.05, 0.1) is 18.8 Å². The third-order valence-electron chi connectivity index (χ3n) is 4.45. The van der Waals surface area contributed by atoms with Gasteiger partial charge in [-0.15, -0.1) is 0 Å². The highest BCUT2D eigenvalue weighted by Crippen LogP contribution is 2.25. The highest BCUT2D eigenvalue weighted by Gasteiger charge is 2.15. The number of aliphatic hydroxyl groups excluding tert-OH is 2. The average molecular weight is 624 g/mol. The molecule has 2 aromatic rings. The standard InChI is InChI=1S/2C12H19NO3.C2H5NO2.H2O4S/c2*1-12(2,3)13-7-11(16)8-4-9(14)6-10(15)5-8;3-1-2(4)5;1-5(2,3)4/h2*4-6,11,13-16H,7H2,1-3H3;1,3H2,(H,4,5);(H2,1,2,3,4). The summed E-state index contributed by atoms with van der Waals surface area (Å²) < 4.78 is 31.6. The fourth-order valence-electron chi connectivity index (χ4n) is 2.66. The Hall–Kier alpha value is -3.22. The van der Waals surface area contributed by atoms with E-state index in [0.717, 1.165) is 0 Å². The largest absolute Gasteiger partial charge is 0.508 e. The van der Waals surface area contributed by atoms with Crippen LogP contribution >= 0.6 is 0 Å². The second kappa shape index (κ2) is 18.3. The molecule has 2 unspecified atom stereocenters. The van der Waals surface area contributed by atoms with Crippen LogP contribution in [0.25, 0.3) is 0 Å². The highest BCUT2D eigenvalue weighted by molar-refractivity contribution is 7.79. The van der Waals surface area contributed by atoms with Gasteiger partial charge in [0.1, 0.15) is 23.0 Å². The topological polar surface area (TPSA) is 283 Å². The molecule has 0 heterocycles. The van der Waals surface area contributed by atoms with Crippen molar-refractivity contribution < 1.29 is 58.1 Å². The smallest absolute Gasteiger partial charge is 0.394 e. The van der Waals surface area contributed by atoms with E-state index in [1.54, 1.807) is 0 Å². The second-order valence-electron chi connectivity index (χ2n) is 10.9. The number of nitrogens with one attached hydrogen (secondary N) is 2. The van der Waals surface area contributed by atoms with Crippen LogP contribution in [0.15, 0.2) is 36.4 Å². The van der Waals surface area contributed by atoms with E-state index in [4.69, 9.17) is 22.6 Å². The summed E-state index contributed by atoms with van der Waals surface area (Å²) >= 11 is 0. The maximum Gasteiger partial charge on any atom is 0.394 e. The van der Waals surface area contributed by atoms with E-state index in [2.05, 4.69) is 16.4 Å². The van der Waals surface area contributed by atoms with Crippen LogP contribution in [0.4, 0.5) is 0 Å². The molecule has 2 atom stereocenters. The predicted molar refractivity (Wildman–Crippen MR) is 156 cm³/mol. The summed E-state index contributed by atoms with van der Waals surface area (Å²) in [6, 6.07) is 8.22. The molecule has 0 aliphatic rings. The van der Waals surface area contributed by atoms with E-state index in [1.807, 2.05) is 41.5 Å². The van der Waals surface area contributed by atoms with Crippen LogP contribution in [0, 0.1) is 0 Å². The first kappa shape index (κ1) is 40.9. The molecule has 0 spiro atoms. The van der Waals surface area contributed by atoms with Crippen molar-refractivity contribution in [2.75, 3.05) is 19.6 Å². The van der Waals surface area contributed by atoms with E-state index in [1.165, 1.54) is 36.4 Å². The molecule has 2 aromatic carbocycles. The SMILES string of the molecule is CC(C)(C)NCC(O)c1cc(O)cc(O)c1.CC(C)(C)NCC(O)c1cc(O)cc(O)c1.NCC(=O)O.O=S(=O)(O)O. The van der Waals surface area contributed by atoms with Crippen LogP contribution in [0.2, 0.25) is 0 Å². The number of aromatic hydroxyl groups is 4. The lowest BCUT2D eigenvalue weighted by Gasteiger charge is -2.23. The molecule has 13 N–H and O–H groups in total. The van der Waals surface area contributed by atoms with E-state index in [-0.39, 0.29) is 40.6 Å². The first-order chi connectivity index (χ1) is 18.8. The Morgan fingerprint density at radius 2 is 0.929 bits per heavy atom. The van der Waals surface area contributed by atoms with E-state index in [9.17, 15) is 35.4 Å². The van der Waals surface area contributed by atoms with Crippen molar-refractivity contribution in [3.63, 3.8) is 0 Å². The maximum atomic E-state index is 9.85. The molecule has 0 saturated carbocycles. The number of rotatable bonds is 7. The fourth-order valence-corrected chi connectivity index (χ4v) is 2.66. The highest BCUT2D eigenvalue weighted by atomic mass is 32.3. The Balaban J connectivity index is 0. The van der Waals surface area contributed by atoms with Crippen molar-refractivity contribution in [1.82, 2.24) is 10.6 Å². The number of carbonyl (C=O) groups is 1. The molecule has 2 rings (SSSR count). The average Bonchev–Trinajstić information content (AvgIpc) is 2.78. The minimum absolute atomic E-state index is 0.0511. The Kier molecular flexibility index (Phi) is 17.9. The van der Waals surface area contributed by atoms with Crippen molar-refractivity contribution in [3.8, 4) is 23.0 Å². The molecule has 0 aliphatic heterocycles. The molecular formula is C26H45N3O12S. The monoisotopic (exact) mass is 623 g/mol. The second-order valence-corrected chi connectivity index (χ2v) is 11.8. The first-order valence-electron chi connectivity index (χ1n) is 12.4. The fraction of sp³-hybridized carbons (Fsp3) is 0.500. The van der Waals surface area contributed by atoms with Crippen molar-refractivity contribution in [1.29, 1.82) is 0 Å². The van der Waals surface area contributed by atoms with Crippen molar-refractivity contribution in [2.24, 2.45) is 5.73 Å². The van der Waals surface area contributed by atoms with Gasteiger partial charge in [0, 0.05) is 36.3 Å². The molecule has 15 nitrogen and oxygen atoms in total. The molecule has 0 saturated heterocycles. The number of nitrogens with two attached hydrogens (primary N) is 1. The summed E-state index contributed by atoms with van der Waals surface area (Å²) in [5.74, 6) is -1.17. The number of carboxylic acids is 1. The summed E-state index contributed by atoms with van der Waals surface area (Å²) in [6.45, 7) is 12.5. The summed E-state index contributed by atoms with van der Waals surface area (Å²) in [4.78, 5) is 9.24. The van der Waals surface area contributed by atoms with Crippen molar-refractivity contribution in [2.45, 2.75) is 64.8 Å². The molecular weight excluding hydrogens is 578 g/mol. The van der Waals surface area contributed by atoms with Crippen LogP contribution in [0.1, 0.15) is 64.9 Å². The quantitative estimate of drug-likeness (QED) is 0.194. The van der Waals surface area contributed by atoms with Gasteiger partial charge in [-0.2, -0.15) is 8.42 Å². The number of hydrogen-bond acceptors (Lipinski definition) is 12. The van der Waals surface area contributed by atoms with Gasteiger partial charge in [-0.25, -0.2) is 0 Å². The zero-order valence-corrected chi connectivity index (χ0v) is 25.3. The van der Waals surface area contributed by atoms with E-state index in [0.29, 0.717) is 24.2 Å². The number of carboxylic acid groups (broad SMARTS) is 1. The van der Waals surface area contributed by atoms with Gasteiger partial charge >= 0.3 is 16.4 Å². The number of benzene rings is 2. The Labute approximate surface area is 245 Å². The molecule has 0 aliphatic carbocycles. The first-order valence-corrected chi connectivity index (χ1v) is 13.8. The zero-order chi connectivity index (χ0) is 33.5. The van der Waals surface area contributed by atoms with Gasteiger partial charge in [-0.3, -0.25) is 13.9 Å². The third-order valence-corrected chi connectivity index (χ3v) is 4.45. The number of aliphatic carboxylic acids is 1. The maximum absolute atomic E-state index is 9.85. The van der Waals surface area contributed by atoms with Crippen LogP contribution in [-0.4, -0.2) is 90.0 Å². The normalized spacial score (nSPS) is 12.7. The Morgan fingerprint density at radius 3 is 1.10 bits per heavy atom. The molecule has 0 radical (unpaired) electrons. The van der Waals surface area contributed by atoms with Crippen molar-refractivity contribution >= 4 is 16.4 Å². The lowest BCUT2D eigenvalue weighted by Crippen LogP contribution is -2.38. The van der Waals surface area contributed by atoms with E-state index < -0.39 is 28.6 Å². The van der Waals surface area contributed by atoms with Gasteiger partial charge in [-0.1, -0.05) is 0 Å².